The SMILES string of the molecule is CCC(=O)N(CC)CCN(C)C.Cc1cc2cc(C(F)(F)F)ccc2o1. The quantitative estimate of drug-likeness (QED) is 0.772. The molecule has 0 saturated heterocycles. The van der Waals surface area contributed by atoms with Gasteiger partial charge in [-0.05, 0) is 52.2 Å². The van der Waals surface area contributed by atoms with Gasteiger partial charge in [-0.25, -0.2) is 0 Å². The van der Waals surface area contributed by atoms with E-state index in [4.69, 9.17) is 4.42 Å². The molecule has 0 aliphatic rings. The third-order valence-electron chi connectivity index (χ3n) is 3.82. The number of halogens is 3. The second-order valence-corrected chi connectivity index (χ2v) is 6.24. The Bertz CT molecular complexity index is 708. The average molecular weight is 372 g/mol. The Labute approximate surface area is 152 Å². The molecule has 7 heteroatoms. The van der Waals surface area contributed by atoms with Gasteiger partial charge in [0.15, 0.2) is 0 Å². The van der Waals surface area contributed by atoms with Crippen LogP contribution in [0.3, 0.4) is 0 Å². The van der Waals surface area contributed by atoms with Gasteiger partial charge < -0.3 is 14.2 Å². The zero-order valence-corrected chi connectivity index (χ0v) is 16.0. The lowest BCUT2D eigenvalue weighted by Gasteiger charge is -2.22. The summed E-state index contributed by atoms with van der Waals surface area (Å²) in [6, 6.07) is 5.03. The van der Waals surface area contributed by atoms with Gasteiger partial charge in [-0.1, -0.05) is 6.92 Å². The second kappa shape index (κ2) is 9.62. The molecule has 1 aromatic heterocycles. The predicted molar refractivity (Wildman–Crippen MR) is 97.1 cm³/mol. The monoisotopic (exact) mass is 372 g/mol. The number of likely N-dealkylation sites (N-methyl/N-ethyl adjacent to an activating group) is 2. The molecule has 2 rings (SSSR count). The first kappa shape index (κ1) is 22.0. The number of alkyl halides is 3. The van der Waals surface area contributed by atoms with Crippen LogP contribution in [0.5, 0.6) is 0 Å². The number of nitrogens with zero attached hydrogens (tertiary/aromatic N) is 2. The number of hydrogen-bond acceptors (Lipinski definition) is 3. The molecule has 0 N–H and O–H groups in total. The fourth-order valence-corrected chi connectivity index (χ4v) is 2.36. The molecule has 0 atom stereocenters. The molecule has 0 saturated carbocycles. The fraction of sp³-hybridized carbons (Fsp3) is 0.526. The standard InChI is InChI=1S/C10H7F3O.C9H20N2O/c1-6-4-7-5-8(10(11,12)13)2-3-9(7)14-6;1-5-9(12)11(6-2)8-7-10(3)4/h2-5H,1H3;5-8H2,1-4H3. The highest BCUT2D eigenvalue weighted by Crippen LogP contribution is 2.32. The van der Waals surface area contributed by atoms with E-state index in [0.717, 1.165) is 31.8 Å². The largest absolute Gasteiger partial charge is 0.461 e. The Morgan fingerprint density at radius 1 is 1.12 bits per heavy atom. The van der Waals surface area contributed by atoms with E-state index in [9.17, 15) is 18.0 Å². The van der Waals surface area contributed by atoms with Crippen molar-refractivity contribution in [2.24, 2.45) is 0 Å². The number of carbonyl (C=O) groups is 1. The Morgan fingerprint density at radius 3 is 2.27 bits per heavy atom. The molecular weight excluding hydrogens is 345 g/mol. The number of rotatable bonds is 5. The fourth-order valence-electron chi connectivity index (χ4n) is 2.36. The maximum absolute atomic E-state index is 12.3. The molecule has 1 amide bonds. The van der Waals surface area contributed by atoms with Crippen LogP contribution in [0.15, 0.2) is 28.7 Å². The summed E-state index contributed by atoms with van der Waals surface area (Å²) in [6.45, 7) is 8.23. The summed E-state index contributed by atoms with van der Waals surface area (Å²) >= 11 is 0. The minimum absolute atomic E-state index is 0.249. The summed E-state index contributed by atoms with van der Waals surface area (Å²) in [5.41, 5.74) is -0.165. The van der Waals surface area contributed by atoms with Crippen LogP contribution >= 0.6 is 0 Å². The van der Waals surface area contributed by atoms with E-state index in [1.54, 1.807) is 13.0 Å². The zero-order valence-electron chi connectivity index (χ0n) is 16.0. The van der Waals surface area contributed by atoms with Gasteiger partial charge in [0, 0.05) is 31.4 Å². The van der Waals surface area contributed by atoms with Crippen molar-refractivity contribution < 1.29 is 22.4 Å². The van der Waals surface area contributed by atoms with Crippen LogP contribution in [0.4, 0.5) is 13.2 Å². The first-order chi connectivity index (χ1) is 12.1. The summed E-state index contributed by atoms with van der Waals surface area (Å²) in [5, 5.41) is 0.484. The van der Waals surface area contributed by atoms with Crippen LogP contribution in [0.25, 0.3) is 11.0 Å². The number of amides is 1. The van der Waals surface area contributed by atoms with E-state index in [1.165, 1.54) is 6.07 Å². The lowest BCUT2D eigenvalue weighted by atomic mass is 10.1. The zero-order chi connectivity index (χ0) is 19.9. The topological polar surface area (TPSA) is 36.7 Å². The number of furan rings is 1. The number of fused-ring (bicyclic) bond motifs is 1. The van der Waals surface area contributed by atoms with Crippen LogP contribution in [-0.4, -0.2) is 49.4 Å². The molecule has 0 spiro atoms. The van der Waals surface area contributed by atoms with Crippen molar-refractivity contribution in [3.63, 3.8) is 0 Å². The molecule has 0 bridgehead atoms. The lowest BCUT2D eigenvalue weighted by Crippen LogP contribution is -2.35. The number of benzene rings is 1. The Kier molecular flexibility index (Phi) is 8.14. The van der Waals surface area contributed by atoms with Crippen molar-refractivity contribution in [2.75, 3.05) is 33.7 Å². The van der Waals surface area contributed by atoms with Gasteiger partial charge in [-0.2, -0.15) is 13.2 Å². The van der Waals surface area contributed by atoms with Gasteiger partial charge in [0.2, 0.25) is 5.91 Å². The number of hydrogen-bond donors (Lipinski definition) is 0. The summed E-state index contributed by atoms with van der Waals surface area (Å²) in [4.78, 5) is 15.2. The summed E-state index contributed by atoms with van der Waals surface area (Å²) in [5.74, 6) is 0.860. The predicted octanol–water partition coefficient (Wildman–Crippen LogP) is 4.57. The molecule has 1 aromatic carbocycles. The molecule has 26 heavy (non-hydrogen) atoms. The molecule has 2 aromatic rings. The van der Waals surface area contributed by atoms with E-state index in [1.807, 2.05) is 32.8 Å². The van der Waals surface area contributed by atoms with Crippen LogP contribution in [0, 0.1) is 6.92 Å². The van der Waals surface area contributed by atoms with Gasteiger partial charge in [-0.3, -0.25) is 4.79 Å². The highest BCUT2D eigenvalue weighted by atomic mass is 19.4. The first-order valence-corrected chi connectivity index (χ1v) is 8.58. The van der Waals surface area contributed by atoms with Gasteiger partial charge >= 0.3 is 6.18 Å². The lowest BCUT2D eigenvalue weighted by molar-refractivity contribution is -0.137. The maximum atomic E-state index is 12.3. The highest BCUT2D eigenvalue weighted by molar-refractivity contribution is 5.78. The Morgan fingerprint density at radius 2 is 1.77 bits per heavy atom. The van der Waals surface area contributed by atoms with E-state index in [2.05, 4.69) is 4.90 Å². The van der Waals surface area contributed by atoms with Gasteiger partial charge in [-0.15, -0.1) is 0 Å². The molecule has 0 radical (unpaired) electrons. The number of aryl methyl sites for hydroxylation is 1. The first-order valence-electron chi connectivity index (χ1n) is 8.58. The third kappa shape index (κ3) is 6.71. The van der Waals surface area contributed by atoms with E-state index in [-0.39, 0.29) is 5.91 Å². The minimum Gasteiger partial charge on any atom is -0.461 e. The van der Waals surface area contributed by atoms with Crippen molar-refractivity contribution in [3.8, 4) is 0 Å². The van der Waals surface area contributed by atoms with Crippen molar-refractivity contribution in [1.82, 2.24) is 9.80 Å². The van der Waals surface area contributed by atoms with Crippen molar-refractivity contribution in [1.29, 1.82) is 0 Å². The third-order valence-corrected chi connectivity index (χ3v) is 3.82. The molecular formula is C19H27F3N2O2. The molecule has 0 aliphatic heterocycles. The molecule has 0 unspecified atom stereocenters. The maximum Gasteiger partial charge on any atom is 0.416 e. The summed E-state index contributed by atoms with van der Waals surface area (Å²) < 4.78 is 42.0. The molecule has 0 aliphatic carbocycles. The van der Waals surface area contributed by atoms with E-state index in [0.29, 0.717) is 23.2 Å². The number of carbonyl (C=O) groups excluding carboxylic acids is 1. The average Bonchev–Trinajstić information content (AvgIpc) is 2.93. The van der Waals surface area contributed by atoms with Crippen LogP contribution < -0.4 is 0 Å². The Hall–Kier alpha value is -2.02. The summed E-state index contributed by atoms with van der Waals surface area (Å²) in [6.07, 6.45) is -3.68. The normalized spacial score (nSPS) is 11.4. The van der Waals surface area contributed by atoms with Gasteiger partial charge in [0.1, 0.15) is 11.3 Å². The van der Waals surface area contributed by atoms with E-state index < -0.39 is 11.7 Å². The van der Waals surface area contributed by atoms with E-state index >= 15 is 0 Å². The molecule has 0 fully saturated rings. The van der Waals surface area contributed by atoms with Crippen molar-refractivity contribution >= 4 is 16.9 Å². The highest BCUT2D eigenvalue weighted by Gasteiger charge is 2.30. The van der Waals surface area contributed by atoms with Crippen LogP contribution in [0.1, 0.15) is 31.6 Å². The van der Waals surface area contributed by atoms with Crippen molar-refractivity contribution in [3.05, 3.63) is 35.6 Å². The minimum atomic E-state index is -4.29. The smallest absolute Gasteiger partial charge is 0.416 e. The Balaban J connectivity index is 0.000000265. The molecule has 146 valence electrons. The van der Waals surface area contributed by atoms with Gasteiger partial charge in [0.25, 0.3) is 0 Å². The second-order valence-electron chi connectivity index (χ2n) is 6.24. The summed E-state index contributed by atoms with van der Waals surface area (Å²) in [7, 11) is 4.04. The van der Waals surface area contributed by atoms with Crippen molar-refractivity contribution in [2.45, 2.75) is 33.4 Å². The molecule has 1 heterocycles. The van der Waals surface area contributed by atoms with Crippen LogP contribution in [-0.2, 0) is 11.0 Å². The van der Waals surface area contributed by atoms with Crippen LogP contribution in [0.2, 0.25) is 0 Å². The van der Waals surface area contributed by atoms with Gasteiger partial charge in [0.05, 0.1) is 5.56 Å². The molecule has 4 nitrogen and oxygen atoms in total.